The molecular weight excluding hydrogens is 752 g/mol. The number of carbonyl (C=O) groups excluding carboxylic acids is 3. The van der Waals surface area contributed by atoms with Gasteiger partial charge in [0.05, 0.1) is 31.0 Å². The van der Waals surface area contributed by atoms with Gasteiger partial charge < -0.3 is 69.6 Å². The zero-order valence-electron chi connectivity index (χ0n) is 32.1. The number of ketones is 2. The van der Waals surface area contributed by atoms with Crippen molar-refractivity contribution in [2.45, 2.75) is 102 Å². The third kappa shape index (κ3) is 5.43. The lowest BCUT2D eigenvalue weighted by molar-refractivity contribution is -0.302. The molecule has 0 spiro atoms. The molecule has 5 aliphatic rings. The highest BCUT2D eigenvalue weighted by Crippen LogP contribution is 2.58. The quantitative estimate of drug-likeness (QED) is 0.193. The Hall–Kier alpha value is -4.75. The Morgan fingerprint density at radius 3 is 1.88 bits per heavy atom. The average molecular weight is 799 g/mol. The lowest BCUT2D eigenvalue weighted by Gasteiger charge is -2.48. The molecule has 308 valence electrons. The summed E-state index contributed by atoms with van der Waals surface area (Å²) in [5.41, 5.74) is -6.35. The third-order valence-corrected chi connectivity index (χ3v) is 12.4. The Labute approximate surface area is 325 Å². The molecule has 57 heavy (non-hydrogen) atoms. The van der Waals surface area contributed by atoms with Gasteiger partial charge in [-0.1, -0.05) is 20.8 Å². The molecule has 17 nitrogen and oxygen atoms in total. The summed E-state index contributed by atoms with van der Waals surface area (Å²) in [5.74, 6) is -8.58. The van der Waals surface area contributed by atoms with E-state index in [4.69, 9.17) is 23.7 Å². The summed E-state index contributed by atoms with van der Waals surface area (Å²) in [7, 11) is 1.03. The van der Waals surface area contributed by atoms with Crippen LogP contribution in [-0.4, -0.2) is 131 Å². The Bertz CT molecular complexity index is 2160. The molecular formula is C40H46O17. The fourth-order valence-corrected chi connectivity index (χ4v) is 9.01. The van der Waals surface area contributed by atoms with Crippen LogP contribution in [0.4, 0.5) is 0 Å². The minimum Gasteiger partial charge on any atom is -0.506 e. The van der Waals surface area contributed by atoms with Gasteiger partial charge in [0.15, 0.2) is 23.5 Å². The molecule has 2 aromatic carbocycles. The first-order valence-electron chi connectivity index (χ1n) is 18.5. The predicted molar refractivity (Wildman–Crippen MR) is 195 cm³/mol. The van der Waals surface area contributed by atoms with E-state index >= 15 is 0 Å². The first-order chi connectivity index (χ1) is 26.7. The highest BCUT2D eigenvalue weighted by atomic mass is 16.7. The third-order valence-electron chi connectivity index (χ3n) is 12.4. The van der Waals surface area contributed by atoms with Gasteiger partial charge in [-0.2, -0.15) is 0 Å². The number of hydrogen-bond donors (Lipinski definition) is 9. The summed E-state index contributed by atoms with van der Waals surface area (Å²) in [6.45, 7) is 8.37. The number of aryl methyl sites for hydroxylation is 2. The molecule has 12 atom stereocenters. The summed E-state index contributed by atoms with van der Waals surface area (Å²) in [4.78, 5) is 40.8. The Morgan fingerprint density at radius 1 is 0.772 bits per heavy atom. The van der Waals surface area contributed by atoms with E-state index in [0.29, 0.717) is 0 Å². The lowest BCUT2D eigenvalue weighted by atomic mass is 9.65. The zero-order valence-corrected chi connectivity index (χ0v) is 32.1. The van der Waals surface area contributed by atoms with Crippen LogP contribution in [0.2, 0.25) is 0 Å². The van der Waals surface area contributed by atoms with Crippen molar-refractivity contribution in [1.29, 1.82) is 0 Å². The van der Waals surface area contributed by atoms with Gasteiger partial charge in [0, 0.05) is 23.5 Å². The van der Waals surface area contributed by atoms with E-state index in [9.17, 15) is 60.3 Å². The monoisotopic (exact) mass is 798 g/mol. The Morgan fingerprint density at radius 2 is 1.32 bits per heavy atom. The Kier molecular flexibility index (Phi) is 9.71. The van der Waals surface area contributed by atoms with Crippen molar-refractivity contribution in [1.82, 2.24) is 0 Å². The smallest absolute Gasteiger partial charge is 0.358 e. The number of fused-ring (bicyclic) bond motifs is 4. The highest BCUT2D eigenvalue weighted by molar-refractivity contribution is 6.14. The van der Waals surface area contributed by atoms with Crippen molar-refractivity contribution in [3.8, 4) is 34.1 Å². The van der Waals surface area contributed by atoms with E-state index in [1.54, 1.807) is 13.8 Å². The van der Waals surface area contributed by atoms with Crippen LogP contribution < -0.4 is 9.47 Å². The molecule has 0 amide bonds. The molecule has 3 fully saturated rings. The van der Waals surface area contributed by atoms with E-state index in [0.717, 1.165) is 7.11 Å². The van der Waals surface area contributed by atoms with E-state index in [-0.39, 0.29) is 40.2 Å². The van der Waals surface area contributed by atoms with E-state index in [1.807, 2.05) is 0 Å². The number of aliphatic hydroxyl groups excluding tert-OH is 7. The summed E-state index contributed by atoms with van der Waals surface area (Å²) in [6, 6.07) is 2.68. The van der Waals surface area contributed by atoms with Crippen molar-refractivity contribution in [2.24, 2.45) is 17.8 Å². The fourth-order valence-electron chi connectivity index (χ4n) is 9.01. The molecule has 2 aromatic rings. The first kappa shape index (κ1) is 40.4. The SMILES string of the molecule is COC(=O)[C@@]12Oc3cc(C)c(-c4c(C)cc5c(c4O)C(O)=C4C(=O)C[C@H](C)[C@H](O)[C@@]4(CO[C@@H]4O[C@@H](C)[C@H](O)[C@@H](O)[C@@H]4O)O5)c(O)c3C(O)=C1C(=O)[C@H](C)[C@@H](C)[C@H]2O. The van der Waals surface area contributed by atoms with Gasteiger partial charge in [0.1, 0.15) is 76.2 Å². The van der Waals surface area contributed by atoms with Crippen molar-refractivity contribution in [3.05, 3.63) is 45.5 Å². The van der Waals surface area contributed by atoms with Crippen molar-refractivity contribution >= 4 is 29.1 Å². The number of phenolic OH excluding ortho intramolecular Hbond substituents is 2. The fraction of sp³-hybridized carbons (Fsp3) is 0.525. The molecule has 9 N–H and O–H groups in total. The molecule has 3 heterocycles. The molecule has 2 saturated carbocycles. The van der Waals surface area contributed by atoms with E-state index in [2.05, 4.69) is 0 Å². The Balaban J connectivity index is 1.38. The topological polar surface area (TPSA) is 279 Å². The highest BCUT2D eigenvalue weighted by Gasteiger charge is 2.65. The van der Waals surface area contributed by atoms with Crippen LogP contribution in [0.5, 0.6) is 23.0 Å². The average Bonchev–Trinajstić information content (AvgIpc) is 3.15. The maximum absolute atomic E-state index is 13.7. The van der Waals surface area contributed by atoms with E-state index < -0.39 is 141 Å². The van der Waals surface area contributed by atoms with Crippen LogP contribution in [-0.2, 0) is 28.6 Å². The number of phenols is 2. The van der Waals surface area contributed by atoms with Crippen LogP contribution in [0.1, 0.15) is 56.4 Å². The number of aliphatic hydroxyl groups is 7. The summed E-state index contributed by atoms with van der Waals surface area (Å²) in [6.07, 6.45) is -10.8. The maximum Gasteiger partial charge on any atom is 0.358 e. The van der Waals surface area contributed by atoms with Crippen LogP contribution in [0.3, 0.4) is 0 Å². The predicted octanol–water partition coefficient (Wildman–Crippen LogP) is 1.38. The van der Waals surface area contributed by atoms with Gasteiger partial charge in [0.25, 0.3) is 5.60 Å². The number of esters is 1. The number of hydrogen-bond acceptors (Lipinski definition) is 17. The molecule has 0 unspecified atom stereocenters. The molecule has 17 heteroatoms. The molecule has 2 aliphatic carbocycles. The lowest BCUT2D eigenvalue weighted by Crippen LogP contribution is -2.65. The first-order valence-corrected chi connectivity index (χ1v) is 18.5. The molecule has 0 bridgehead atoms. The number of rotatable bonds is 5. The number of Topliss-reactive ketones (excluding diaryl/α,β-unsaturated/α-hetero) is 2. The summed E-state index contributed by atoms with van der Waals surface area (Å²) >= 11 is 0. The molecule has 0 radical (unpaired) electrons. The van der Waals surface area contributed by atoms with Gasteiger partial charge in [0.2, 0.25) is 0 Å². The second-order valence-corrected chi connectivity index (χ2v) is 15.8. The van der Waals surface area contributed by atoms with Gasteiger partial charge >= 0.3 is 5.97 Å². The minimum absolute atomic E-state index is 0.108. The van der Waals surface area contributed by atoms with Crippen LogP contribution in [0.15, 0.2) is 23.3 Å². The normalized spacial score (nSPS) is 36.1. The molecule has 7 rings (SSSR count). The number of methoxy groups -OCH3 is 1. The summed E-state index contributed by atoms with van der Waals surface area (Å²) in [5, 5.41) is 102. The van der Waals surface area contributed by atoms with Gasteiger partial charge in [-0.05, 0) is 55.9 Å². The number of ether oxygens (including phenoxy) is 5. The molecule has 3 aliphatic heterocycles. The van der Waals surface area contributed by atoms with Gasteiger partial charge in [-0.25, -0.2) is 4.79 Å². The van der Waals surface area contributed by atoms with Crippen LogP contribution in [0, 0.1) is 31.6 Å². The number of aromatic hydroxyl groups is 2. The molecule has 0 aromatic heterocycles. The van der Waals surface area contributed by atoms with Gasteiger partial charge in [-0.15, -0.1) is 0 Å². The summed E-state index contributed by atoms with van der Waals surface area (Å²) < 4.78 is 28.8. The van der Waals surface area contributed by atoms with Crippen LogP contribution in [0.25, 0.3) is 22.6 Å². The minimum atomic E-state index is -2.47. The van der Waals surface area contributed by atoms with Crippen molar-refractivity contribution < 1.29 is 84.0 Å². The molecule has 1 saturated heterocycles. The second kappa shape index (κ2) is 13.7. The van der Waals surface area contributed by atoms with E-state index in [1.165, 1.54) is 39.8 Å². The number of carbonyl (C=O) groups is 3. The van der Waals surface area contributed by atoms with Crippen molar-refractivity contribution in [3.63, 3.8) is 0 Å². The van der Waals surface area contributed by atoms with Crippen LogP contribution >= 0.6 is 0 Å². The standard InChI is InChI=1S/C40H46O17/c1-12-9-19-23(31(46)25-18(41)8-14(3)35(50)39(25,56-19)11-54-37-34(49)33(48)28(43)17(6)55-37)29(44)21(12)22-13(2)10-20-24(30(22)45)32(47)26-27(42)15(4)16(5)36(51)40(26,57-20)38(52)53-7/h9-10,14-17,28,33-37,43-51H,8,11H2,1-7H3/t14-,15+,16+,17-,28-,33+,34-,35-,36+,37+,39-,40+/m0/s1. The number of benzene rings is 2. The largest absolute Gasteiger partial charge is 0.506 e. The van der Waals surface area contributed by atoms with Gasteiger partial charge in [-0.3, -0.25) is 9.59 Å². The zero-order chi connectivity index (χ0) is 42.0. The maximum atomic E-state index is 13.7. The second-order valence-electron chi connectivity index (χ2n) is 15.8. The van der Waals surface area contributed by atoms with Crippen molar-refractivity contribution in [2.75, 3.05) is 13.7 Å².